The molecular weight excluding hydrogens is 332 g/mol. The van der Waals surface area contributed by atoms with Crippen molar-refractivity contribution in [2.75, 3.05) is 31.6 Å². The van der Waals surface area contributed by atoms with E-state index >= 15 is 0 Å². The quantitative estimate of drug-likeness (QED) is 0.678. The smallest absolute Gasteiger partial charge is 0.242 e. The van der Waals surface area contributed by atoms with E-state index in [1.54, 1.807) is 17.7 Å². The average Bonchev–Trinajstić information content (AvgIpc) is 3.07. The zero-order chi connectivity index (χ0) is 17.8. The van der Waals surface area contributed by atoms with Crippen LogP contribution in [0.2, 0.25) is 0 Å². The Morgan fingerprint density at radius 2 is 1.84 bits per heavy atom. The van der Waals surface area contributed by atoms with E-state index in [2.05, 4.69) is 27.5 Å². The van der Waals surface area contributed by atoms with Crippen LogP contribution >= 0.6 is 11.3 Å². The van der Waals surface area contributed by atoms with E-state index in [4.69, 9.17) is 0 Å². The Labute approximate surface area is 151 Å². The summed E-state index contributed by atoms with van der Waals surface area (Å²) >= 11 is 1.60. The van der Waals surface area contributed by atoms with Crippen LogP contribution < -0.4 is 4.90 Å². The molecule has 1 aromatic carbocycles. The van der Waals surface area contributed by atoms with Crippen molar-refractivity contribution in [1.82, 2.24) is 14.9 Å². The molecule has 5 nitrogen and oxygen atoms in total. The first-order chi connectivity index (χ1) is 12.2. The van der Waals surface area contributed by atoms with Crippen molar-refractivity contribution in [3.8, 4) is 11.1 Å². The molecule has 130 valence electrons. The SMILES string of the molecule is CCN(CC)C(=O)CN(C)c1ncnc2scc(-c3ccccc3)c12. The number of carbonyl (C=O) groups is 1. The van der Waals surface area contributed by atoms with Gasteiger partial charge in [-0.15, -0.1) is 11.3 Å². The van der Waals surface area contributed by atoms with Gasteiger partial charge in [0, 0.05) is 31.1 Å². The van der Waals surface area contributed by atoms with Gasteiger partial charge in [-0.3, -0.25) is 4.79 Å². The maximum absolute atomic E-state index is 12.5. The topological polar surface area (TPSA) is 49.3 Å². The van der Waals surface area contributed by atoms with Gasteiger partial charge in [-0.05, 0) is 19.4 Å². The molecule has 0 aliphatic heterocycles. The van der Waals surface area contributed by atoms with Crippen molar-refractivity contribution in [2.24, 2.45) is 0 Å². The monoisotopic (exact) mass is 354 g/mol. The minimum atomic E-state index is 0.107. The number of likely N-dealkylation sites (N-methyl/N-ethyl adjacent to an activating group) is 2. The fourth-order valence-corrected chi connectivity index (χ4v) is 3.84. The van der Waals surface area contributed by atoms with Crippen molar-refractivity contribution in [3.63, 3.8) is 0 Å². The second-order valence-electron chi connectivity index (χ2n) is 5.81. The molecule has 6 heteroatoms. The van der Waals surface area contributed by atoms with Gasteiger partial charge in [-0.1, -0.05) is 30.3 Å². The van der Waals surface area contributed by atoms with Gasteiger partial charge in [-0.2, -0.15) is 0 Å². The lowest BCUT2D eigenvalue weighted by Gasteiger charge is -2.24. The van der Waals surface area contributed by atoms with Gasteiger partial charge in [0.15, 0.2) is 0 Å². The summed E-state index contributed by atoms with van der Waals surface area (Å²) in [6.45, 7) is 5.73. The molecule has 0 unspecified atom stereocenters. The Hall–Kier alpha value is -2.47. The van der Waals surface area contributed by atoms with Crippen molar-refractivity contribution in [2.45, 2.75) is 13.8 Å². The van der Waals surface area contributed by atoms with Crippen LogP contribution in [0.15, 0.2) is 42.0 Å². The summed E-state index contributed by atoms with van der Waals surface area (Å²) < 4.78 is 0. The minimum Gasteiger partial charge on any atom is -0.350 e. The van der Waals surface area contributed by atoms with E-state index in [0.717, 1.165) is 40.3 Å². The van der Waals surface area contributed by atoms with E-state index in [9.17, 15) is 4.79 Å². The van der Waals surface area contributed by atoms with E-state index in [1.165, 1.54) is 0 Å². The Morgan fingerprint density at radius 3 is 2.52 bits per heavy atom. The van der Waals surface area contributed by atoms with Gasteiger partial charge in [0.25, 0.3) is 0 Å². The molecule has 0 aliphatic carbocycles. The summed E-state index contributed by atoms with van der Waals surface area (Å²) in [6.07, 6.45) is 1.57. The maximum atomic E-state index is 12.5. The van der Waals surface area contributed by atoms with E-state index in [0.29, 0.717) is 6.54 Å². The number of nitrogens with zero attached hydrogens (tertiary/aromatic N) is 4. The molecule has 0 aliphatic rings. The van der Waals surface area contributed by atoms with Crippen LogP contribution in [-0.4, -0.2) is 47.5 Å². The Balaban J connectivity index is 1.99. The third-order valence-corrected chi connectivity index (χ3v) is 5.17. The number of aromatic nitrogens is 2. The van der Waals surface area contributed by atoms with E-state index < -0.39 is 0 Å². The number of fused-ring (bicyclic) bond motifs is 1. The number of thiophene rings is 1. The normalized spacial score (nSPS) is 10.8. The van der Waals surface area contributed by atoms with Gasteiger partial charge in [0.2, 0.25) is 5.91 Å². The highest BCUT2D eigenvalue weighted by molar-refractivity contribution is 7.17. The molecule has 25 heavy (non-hydrogen) atoms. The van der Waals surface area contributed by atoms with Crippen molar-refractivity contribution in [1.29, 1.82) is 0 Å². The molecule has 0 N–H and O–H groups in total. The summed E-state index contributed by atoms with van der Waals surface area (Å²) in [7, 11) is 1.91. The Morgan fingerprint density at radius 1 is 1.12 bits per heavy atom. The first kappa shape index (κ1) is 17.4. The molecule has 0 spiro atoms. The second-order valence-corrected chi connectivity index (χ2v) is 6.67. The fourth-order valence-electron chi connectivity index (χ4n) is 2.93. The van der Waals surface area contributed by atoms with Gasteiger partial charge >= 0.3 is 0 Å². The standard InChI is InChI=1S/C19H22N4OS/c1-4-23(5-2)16(24)11-22(3)18-17-15(14-9-7-6-8-10-14)12-25-19(17)21-13-20-18/h6-10,12-13H,4-5,11H2,1-3H3. The van der Waals surface area contributed by atoms with Crippen LogP contribution in [0.5, 0.6) is 0 Å². The van der Waals surface area contributed by atoms with Crippen LogP contribution in [-0.2, 0) is 4.79 Å². The van der Waals surface area contributed by atoms with Gasteiger partial charge in [-0.25, -0.2) is 9.97 Å². The number of hydrogen-bond acceptors (Lipinski definition) is 5. The van der Waals surface area contributed by atoms with E-state index in [-0.39, 0.29) is 5.91 Å². The van der Waals surface area contributed by atoms with Gasteiger partial charge in [0.05, 0.1) is 11.9 Å². The first-order valence-electron chi connectivity index (χ1n) is 8.42. The molecule has 1 amide bonds. The predicted molar refractivity (Wildman–Crippen MR) is 104 cm³/mol. The number of anilines is 1. The predicted octanol–water partition coefficient (Wildman–Crippen LogP) is 3.66. The van der Waals surface area contributed by atoms with Crippen LogP contribution in [0.3, 0.4) is 0 Å². The van der Waals surface area contributed by atoms with Crippen molar-refractivity contribution >= 4 is 33.3 Å². The lowest BCUT2D eigenvalue weighted by atomic mass is 10.1. The number of rotatable bonds is 6. The average molecular weight is 354 g/mol. The molecule has 0 radical (unpaired) electrons. The molecule has 0 bridgehead atoms. The molecule has 0 atom stereocenters. The number of carbonyl (C=O) groups excluding carboxylic acids is 1. The van der Waals surface area contributed by atoms with Gasteiger partial charge < -0.3 is 9.80 Å². The highest BCUT2D eigenvalue weighted by Gasteiger charge is 2.19. The summed E-state index contributed by atoms with van der Waals surface area (Å²) in [5, 5.41) is 3.12. The molecule has 0 saturated heterocycles. The number of benzene rings is 1. The second kappa shape index (κ2) is 7.61. The fraction of sp³-hybridized carbons (Fsp3) is 0.316. The third kappa shape index (κ3) is 3.49. The highest BCUT2D eigenvalue weighted by atomic mass is 32.1. The van der Waals surface area contributed by atoms with Crippen LogP contribution in [0.25, 0.3) is 21.3 Å². The summed E-state index contributed by atoms with van der Waals surface area (Å²) in [6, 6.07) is 10.2. The summed E-state index contributed by atoms with van der Waals surface area (Å²) in [5.74, 6) is 0.904. The maximum Gasteiger partial charge on any atom is 0.242 e. The van der Waals surface area contributed by atoms with Crippen LogP contribution in [0.1, 0.15) is 13.8 Å². The largest absolute Gasteiger partial charge is 0.350 e. The molecule has 0 fully saturated rings. The third-order valence-electron chi connectivity index (χ3n) is 4.29. The molecule has 0 saturated carbocycles. The zero-order valence-corrected chi connectivity index (χ0v) is 15.6. The Kier molecular flexibility index (Phi) is 5.28. The highest BCUT2D eigenvalue weighted by Crippen LogP contribution is 2.37. The molecule has 2 heterocycles. The Bertz CT molecular complexity index is 858. The number of hydrogen-bond donors (Lipinski definition) is 0. The first-order valence-corrected chi connectivity index (χ1v) is 9.30. The lowest BCUT2D eigenvalue weighted by molar-refractivity contribution is -0.129. The molecule has 3 aromatic rings. The van der Waals surface area contributed by atoms with Crippen LogP contribution in [0.4, 0.5) is 5.82 Å². The molecular formula is C19H22N4OS. The van der Waals surface area contributed by atoms with Crippen LogP contribution in [0, 0.1) is 0 Å². The molecule has 3 rings (SSSR count). The van der Waals surface area contributed by atoms with Gasteiger partial charge in [0.1, 0.15) is 17.0 Å². The van der Waals surface area contributed by atoms with Crippen molar-refractivity contribution in [3.05, 3.63) is 42.0 Å². The lowest BCUT2D eigenvalue weighted by Crippen LogP contribution is -2.39. The minimum absolute atomic E-state index is 0.107. The van der Waals surface area contributed by atoms with Crippen molar-refractivity contribution < 1.29 is 4.79 Å². The summed E-state index contributed by atoms with van der Waals surface area (Å²) in [4.78, 5) is 26.0. The zero-order valence-electron chi connectivity index (χ0n) is 14.8. The van der Waals surface area contributed by atoms with E-state index in [1.807, 2.05) is 48.9 Å². The molecule has 2 aromatic heterocycles. The number of amides is 1. The summed E-state index contributed by atoms with van der Waals surface area (Å²) in [5.41, 5.74) is 2.24.